The van der Waals surface area contributed by atoms with Gasteiger partial charge in [-0.1, -0.05) is 0 Å². The number of esters is 1. The lowest BCUT2D eigenvalue weighted by atomic mass is 10.1. The van der Waals surface area contributed by atoms with Crippen LogP contribution >= 0.6 is 0 Å². The molecule has 1 aliphatic rings. The molecule has 0 spiro atoms. The first kappa shape index (κ1) is 7.87. The highest BCUT2D eigenvalue weighted by atomic mass is 28.1. The molecule has 2 aromatic rings. The maximum absolute atomic E-state index is 11.3. The fourth-order valence-electron chi connectivity index (χ4n) is 1.71. The maximum atomic E-state index is 11.3. The van der Waals surface area contributed by atoms with Gasteiger partial charge in [-0.2, -0.15) is 0 Å². The van der Waals surface area contributed by atoms with Gasteiger partial charge < -0.3 is 13.9 Å². The van der Waals surface area contributed by atoms with Crippen LogP contribution in [0.5, 0.6) is 5.75 Å². The average Bonchev–Trinajstić information content (AvgIpc) is 2.78. The molecule has 2 bridgehead atoms. The minimum Gasteiger partial charge on any atom is -0.494 e. The molecule has 3 radical (unpaired) electrons. The van der Waals surface area contributed by atoms with Crippen LogP contribution in [0.2, 0.25) is 0 Å². The van der Waals surface area contributed by atoms with Gasteiger partial charge >= 0.3 is 5.97 Å². The molecule has 0 aliphatic carbocycles. The van der Waals surface area contributed by atoms with Crippen LogP contribution in [0, 0.1) is 0 Å². The topological polar surface area (TPSA) is 48.7 Å². The van der Waals surface area contributed by atoms with Gasteiger partial charge in [-0.25, -0.2) is 4.79 Å². The summed E-state index contributed by atoms with van der Waals surface area (Å²) in [5, 5.41) is 0. The fraction of sp³-hybridized carbons (Fsp3) is 0.222. The van der Waals surface area contributed by atoms with E-state index in [0.29, 0.717) is 35.3 Å². The second-order valence-electron chi connectivity index (χ2n) is 3.02. The van der Waals surface area contributed by atoms with Gasteiger partial charge in [0.05, 0.1) is 22.0 Å². The van der Waals surface area contributed by atoms with E-state index < -0.39 is 0 Å². The van der Waals surface area contributed by atoms with Crippen molar-refractivity contribution in [3.05, 3.63) is 17.2 Å². The van der Waals surface area contributed by atoms with Crippen LogP contribution in [0.3, 0.4) is 0 Å². The van der Waals surface area contributed by atoms with Gasteiger partial charge in [-0.05, 0) is 0 Å². The molecule has 3 heterocycles. The normalized spacial score (nSPS) is 14.8. The van der Waals surface area contributed by atoms with Gasteiger partial charge in [-0.3, -0.25) is 0 Å². The largest absolute Gasteiger partial charge is 0.494 e. The van der Waals surface area contributed by atoms with Gasteiger partial charge in [0.15, 0.2) is 11.3 Å². The number of carbonyl (C=O) groups is 1. The van der Waals surface area contributed by atoms with Crippen molar-refractivity contribution < 1.29 is 18.7 Å². The quantitative estimate of drug-likeness (QED) is 0.543. The molecule has 3 rings (SSSR count). The summed E-state index contributed by atoms with van der Waals surface area (Å²) >= 11 is 0. The fourth-order valence-corrected chi connectivity index (χ4v) is 1.87. The number of benzene rings is 1. The number of ether oxygens (including phenoxy) is 2. The molecule has 0 saturated carbocycles. The minimum atomic E-state index is -0.326. The predicted octanol–water partition coefficient (Wildman–Crippen LogP) is 1.05. The second kappa shape index (κ2) is 2.51. The number of hydrogen-bond acceptors (Lipinski definition) is 4. The van der Waals surface area contributed by atoms with E-state index in [1.165, 1.54) is 0 Å². The summed E-state index contributed by atoms with van der Waals surface area (Å²) in [4.78, 5) is 11.3. The SMILES string of the molecule is O=C1OCc2c1c1oc2cc1OC[Si]. The number of rotatable bonds is 2. The summed E-state index contributed by atoms with van der Waals surface area (Å²) in [6.07, 6.45) is 0.365. The zero-order valence-corrected chi connectivity index (χ0v) is 8.12. The van der Waals surface area contributed by atoms with Crippen LogP contribution in [0.25, 0.3) is 11.2 Å². The van der Waals surface area contributed by atoms with Crippen LogP contribution in [-0.2, 0) is 11.3 Å². The average molecular weight is 205 g/mol. The van der Waals surface area contributed by atoms with Crippen LogP contribution < -0.4 is 4.74 Å². The van der Waals surface area contributed by atoms with E-state index in [1.807, 2.05) is 0 Å². The Morgan fingerprint density at radius 2 is 2.43 bits per heavy atom. The molecule has 14 heavy (non-hydrogen) atoms. The molecular weight excluding hydrogens is 200 g/mol. The first-order chi connectivity index (χ1) is 6.81. The Morgan fingerprint density at radius 1 is 1.57 bits per heavy atom. The third-order valence-corrected chi connectivity index (χ3v) is 2.45. The lowest BCUT2D eigenvalue weighted by molar-refractivity contribution is 0.0534. The lowest BCUT2D eigenvalue weighted by Gasteiger charge is -1.98. The highest BCUT2D eigenvalue weighted by molar-refractivity contribution is 6.09. The van der Waals surface area contributed by atoms with Crippen molar-refractivity contribution in [2.45, 2.75) is 6.61 Å². The Hall–Kier alpha value is -1.49. The molecule has 0 unspecified atom stereocenters. The molecule has 0 fully saturated rings. The van der Waals surface area contributed by atoms with Crippen LogP contribution in [0.15, 0.2) is 10.5 Å². The third-order valence-electron chi connectivity index (χ3n) is 2.30. The predicted molar refractivity (Wildman–Crippen MR) is 47.8 cm³/mol. The molecule has 4 nitrogen and oxygen atoms in total. The van der Waals surface area contributed by atoms with E-state index in [-0.39, 0.29) is 5.97 Å². The number of cyclic esters (lactones) is 1. The first-order valence-electron chi connectivity index (χ1n) is 4.13. The number of hydrogen-bond donors (Lipinski definition) is 0. The smallest absolute Gasteiger partial charge is 0.342 e. The van der Waals surface area contributed by atoms with Gasteiger partial charge in [0.25, 0.3) is 0 Å². The highest BCUT2D eigenvalue weighted by Crippen LogP contribution is 2.40. The highest BCUT2D eigenvalue weighted by Gasteiger charge is 2.33. The van der Waals surface area contributed by atoms with E-state index in [0.717, 1.165) is 5.56 Å². The Kier molecular flexibility index (Phi) is 1.41. The lowest BCUT2D eigenvalue weighted by Crippen LogP contribution is -1.98. The number of fused-ring (bicyclic) bond motifs is 5. The Labute approximate surface area is 82.5 Å². The van der Waals surface area contributed by atoms with Gasteiger partial charge in [0, 0.05) is 6.07 Å². The molecule has 2 aromatic heterocycles. The van der Waals surface area contributed by atoms with Crippen molar-refractivity contribution in [1.29, 1.82) is 0 Å². The van der Waals surface area contributed by atoms with Gasteiger partial charge in [0.2, 0.25) is 0 Å². The zero-order chi connectivity index (χ0) is 9.71. The molecule has 0 aromatic carbocycles. The van der Waals surface area contributed by atoms with E-state index in [1.54, 1.807) is 6.07 Å². The maximum Gasteiger partial charge on any atom is 0.342 e. The molecule has 0 saturated heterocycles. The Morgan fingerprint density at radius 3 is 3.21 bits per heavy atom. The second-order valence-corrected chi connectivity index (χ2v) is 3.31. The van der Waals surface area contributed by atoms with E-state index in [4.69, 9.17) is 13.9 Å². The molecule has 69 valence electrons. The summed E-state index contributed by atoms with van der Waals surface area (Å²) < 4.78 is 15.5. The van der Waals surface area contributed by atoms with Crippen molar-refractivity contribution in [3.63, 3.8) is 0 Å². The summed E-state index contributed by atoms with van der Waals surface area (Å²) in [7, 11) is 3.19. The monoisotopic (exact) mass is 205 g/mol. The molecular formula is C9H5O4Si. The summed E-state index contributed by atoms with van der Waals surface area (Å²) in [6, 6.07) is 1.77. The first-order valence-corrected chi connectivity index (χ1v) is 4.84. The van der Waals surface area contributed by atoms with Gasteiger partial charge in [-0.15, -0.1) is 0 Å². The van der Waals surface area contributed by atoms with Crippen molar-refractivity contribution >= 4 is 27.4 Å². The van der Waals surface area contributed by atoms with E-state index in [9.17, 15) is 4.79 Å². The molecule has 1 aliphatic heterocycles. The van der Waals surface area contributed by atoms with Crippen LogP contribution in [0.1, 0.15) is 15.9 Å². The summed E-state index contributed by atoms with van der Waals surface area (Å²) in [5.41, 5.74) is 2.54. The molecule has 0 atom stereocenters. The van der Waals surface area contributed by atoms with Crippen molar-refractivity contribution in [2.75, 3.05) is 6.23 Å². The number of furan rings is 2. The van der Waals surface area contributed by atoms with Crippen LogP contribution in [-0.4, -0.2) is 22.4 Å². The molecule has 0 amide bonds. The third kappa shape index (κ3) is 0.798. The van der Waals surface area contributed by atoms with Crippen molar-refractivity contribution in [2.24, 2.45) is 0 Å². The summed E-state index contributed by atoms with van der Waals surface area (Å²) in [5.74, 6) is 0.265. The minimum absolute atomic E-state index is 0.310. The Balaban J connectivity index is 2.23. The van der Waals surface area contributed by atoms with Gasteiger partial charge in [0.1, 0.15) is 17.8 Å². The number of carbonyl (C=O) groups excluding carboxylic acids is 1. The van der Waals surface area contributed by atoms with Crippen molar-refractivity contribution in [3.8, 4) is 5.75 Å². The molecule has 5 heteroatoms. The van der Waals surface area contributed by atoms with Crippen molar-refractivity contribution in [1.82, 2.24) is 0 Å². The van der Waals surface area contributed by atoms with E-state index in [2.05, 4.69) is 10.2 Å². The van der Waals surface area contributed by atoms with Crippen LogP contribution in [0.4, 0.5) is 0 Å². The summed E-state index contributed by atoms with van der Waals surface area (Å²) in [6.45, 7) is 0.310. The standard InChI is InChI=1S/C9H5O4Si/c10-9-7-4(2-11-9)5-1-6(12-3-14)8(7)13-5/h1H,2-3H2. The molecule has 0 N–H and O–H groups in total. The Bertz CT molecular complexity index is 501. The van der Waals surface area contributed by atoms with E-state index >= 15 is 0 Å². The zero-order valence-electron chi connectivity index (χ0n) is 7.12.